The summed E-state index contributed by atoms with van der Waals surface area (Å²) in [7, 11) is 0. The quantitative estimate of drug-likeness (QED) is 0.516. The van der Waals surface area contributed by atoms with E-state index in [9.17, 15) is 0 Å². The van der Waals surface area contributed by atoms with Gasteiger partial charge in [0.15, 0.2) is 5.96 Å². The lowest BCUT2D eigenvalue weighted by molar-refractivity contribution is 0.0266. The van der Waals surface area contributed by atoms with Crippen molar-refractivity contribution in [1.82, 2.24) is 5.32 Å². The molecule has 1 atom stereocenters. The van der Waals surface area contributed by atoms with E-state index in [1.165, 1.54) is 0 Å². The summed E-state index contributed by atoms with van der Waals surface area (Å²) in [5, 5.41) is 3.06. The highest BCUT2D eigenvalue weighted by Crippen LogP contribution is 2.10. The Morgan fingerprint density at radius 1 is 1.31 bits per heavy atom. The predicted molar refractivity (Wildman–Crippen MR) is 69.6 cm³/mol. The fourth-order valence-electron chi connectivity index (χ4n) is 1.48. The number of hydrogen-bond acceptors (Lipinski definition) is 2. The van der Waals surface area contributed by atoms with Gasteiger partial charge in [-0.15, -0.1) is 0 Å². The zero-order valence-electron chi connectivity index (χ0n) is 11.3. The third-order valence-electron chi connectivity index (χ3n) is 2.26. The highest BCUT2D eigenvalue weighted by Gasteiger charge is 2.12. The van der Waals surface area contributed by atoms with Gasteiger partial charge >= 0.3 is 0 Å². The molecule has 0 aromatic heterocycles. The molecule has 0 spiro atoms. The number of ether oxygens (including phenoxy) is 1. The molecule has 0 aromatic carbocycles. The molecule has 0 bridgehead atoms. The second-order valence-corrected chi connectivity index (χ2v) is 4.59. The van der Waals surface area contributed by atoms with Gasteiger partial charge in [-0.2, -0.15) is 0 Å². The molecule has 96 valence electrons. The summed E-state index contributed by atoms with van der Waals surface area (Å²) >= 11 is 0. The van der Waals surface area contributed by atoms with Crippen LogP contribution in [0.25, 0.3) is 0 Å². The van der Waals surface area contributed by atoms with Crippen molar-refractivity contribution in [3.8, 4) is 0 Å². The van der Waals surface area contributed by atoms with Crippen LogP contribution in [0, 0.1) is 5.92 Å². The van der Waals surface area contributed by atoms with Crippen LogP contribution in [0.5, 0.6) is 0 Å². The van der Waals surface area contributed by atoms with Gasteiger partial charge in [-0.05, 0) is 33.1 Å². The Labute approximate surface area is 99.7 Å². The first-order chi connectivity index (χ1) is 7.47. The van der Waals surface area contributed by atoms with Gasteiger partial charge in [0.1, 0.15) is 0 Å². The van der Waals surface area contributed by atoms with Crippen LogP contribution in [-0.4, -0.2) is 31.3 Å². The fourth-order valence-corrected chi connectivity index (χ4v) is 1.48. The maximum Gasteiger partial charge on any atom is 0.188 e. The summed E-state index contributed by atoms with van der Waals surface area (Å²) in [6, 6.07) is 0.330. The molecule has 4 nitrogen and oxygen atoms in total. The van der Waals surface area contributed by atoms with E-state index in [-0.39, 0.29) is 6.10 Å². The first-order valence-electron chi connectivity index (χ1n) is 6.15. The number of rotatable bonds is 7. The first-order valence-corrected chi connectivity index (χ1v) is 6.15. The van der Waals surface area contributed by atoms with Crippen molar-refractivity contribution in [1.29, 1.82) is 0 Å². The van der Waals surface area contributed by atoms with Crippen molar-refractivity contribution < 1.29 is 4.74 Å². The molecule has 0 radical (unpaired) electrons. The van der Waals surface area contributed by atoms with E-state index < -0.39 is 0 Å². The zero-order chi connectivity index (χ0) is 12.6. The molecule has 0 saturated carbocycles. The molecular formula is C12H27N3O. The molecule has 0 aliphatic heterocycles. The van der Waals surface area contributed by atoms with Crippen LogP contribution in [0.2, 0.25) is 0 Å². The van der Waals surface area contributed by atoms with E-state index in [1.807, 2.05) is 20.8 Å². The molecule has 1 unspecified atom stereocenters. The van der Waals surface area contributed by atoms with Gasteiger partial charge in [-0.3, -0.25) is 4.99 Å². The minimum Gasteiger partial charge on any atom is -0.378 e. The summed E-state index contributed by atoms with van der Waals surface area (Å²) in [5.41, 5.74) is 5.71. The standard InChI is InChI=1S/C12H27N3O/c1-6-16-11(9(2)3)7-8-14-12(13)15-10(4)5/h9-11H,6-8H2,1-5H3,(H3,13,14,15). The molecule has 0 aliphatic rings. The molecule has 4 heteroatoms. The predicted octanol–water partition coefficient (Wildman–Crippen LogP) is 1.75. The lowest BCUT2D eigenvalue weighted by Crippen LogP contribution is -2.37. The van der Waals surface area contributed by atoms with Gasteiger partial charge in [-0.1, -0.05) is 13.8 Å². The zero-order valence-corrected chi connectivity index (χ0v) is 11.3. The van der Waals surface area contributed by atoms with Crippen molar-refractivity contribution in [2.24, 2.45) is 16.6 Å². The van der Waals surface area contributed by atoms with Crippen LogP contribution in [0.3, 0.4) is 0 Å². The lowest BCUT2D eigenvalue weighted by atomic mass is 10.0. The Hall–Kier alpha value is -0.770. The maximum atomic E-state index is 5.71. The van der Waals surface area contributed by atoms with Gasteiger partial charge in [0.2, 0.25) is 0 Å². The minimum absolute atomic E-state index is 0.278. The van der Waals surface area contributed by atoms with E-state index >= 15 is 0 Å². The first kappa shape index (κ1) is 15.2. The van der Waals surface area contributed by atoms with Gasteiger partial charge in [0.25, 0.3) is 0 Å². The summed E-state index contributed by atoms with van der Waals surface area (Å²) in [5.74, 6) is 1.04. The highest BCUT2D eigenvalue weighted by atomic mass is 16.5. The SMILES string of the molecule is CCOC(CCN=C(N)NC(C)C)C(C)C. The van der Waals surface area contributed by atoms with Crippen molar-refractivity contribution in [2.75, 3.05) is 13.2 Å². The van der Waals surface area contributed by atoms with E-state index in [1.54, 1.807) is 0 Å². The van der Waals surface area contributed by atoms with E-state index in [4.69, 9.17) is 10.5 Å². The Morgan fingerprint density at radius 3 is 2.38 bits per heavy atom. The summed E-state index contributed by atoms with van der Waals surface area (Å²) < 4.78 is 5.64. The van der Waals surface area contributed by atoms with Gasteiger partial charge in [0, 0.05) is 19.2 Å². The molecule has 0 saturated heterocycles. The van der Waals surface area contributed by atoms with Gasteiger partial charge < -0.3 is 15.8 Å². The van der Waals surface area contributed by atoms with Crippen LogP contribution >= 0.6 is 0 Å². The molecule has 0 rings (SSSR count). The molecule has 0 aromatic rings. The van der Waals surface area contributed by atoms with E-state index in [0.717, 1.165) is 13.0 Å². The Bertz CT molecular complexity index is 202. The van der Waals surface area contributed by atoms with Crippen molar-refractivity contribution >= 4 is 5.96 Å². The molecule has 0 fully saturated rings. The van der Waals surface area contributed by atoms with E-state index in [0.29, 0.717) is 24.5 Å². The van der Waals surface area contributed by atoms with Crippen LogP contribution in [-0.2, 0) is 4.74 Å². The number of hydrogen-bond donors (Lipinski definition) is 2. The Balaban J connectivity index is 3.92. The van der Waals surface area contributed by atoms with Crippen molar-refractivity contribution in [2.45, 2.75) is 53.2 Å². The Morgan fingerprint density at radius 2 is 1.94 bits per heavy atom. The smallest absolute Gasteiger partial charge is 0.188 e. The average molecular weight is 229 g/mol. The minimum atomic E-state index is 0.278. The topological polar surface area (TPSA) is 59.6 Å². The third kappa shape index (κ3) is 7.51. The second-order valence-electron chi connectivity index (χ2n) is 4.59. The summed E-state index contributed by atoms with van der Waals surface area (Å²) in [4.78, 5) is 4.27. The van der Waals surface area contributed by atoms with Crippen molar-refractivity contribution in [3.05, 3.63) is 0 Å². The highest BCUT2D eigenvalue weighted by molar-refractivity contribution is 5.77. The lowest BCUT2D eigenvalue weighted by Gasteiger charge is -2.19. The number of nitrogens with two attached hydrogens (primary N) is 1. The monoisotopic (exact) mass is 229 g/mol. The van der Waals surface area contributed by atoms with Crippen LogP contribution in [0.4, 0.5) is 0 Å². The van der Waals surface area contributed by atoms with Gasteiger partial charge in [-0.25, -0.2) is 0 Å². The molecule has 16 heavy (non-hydrogen) atoms. The normalized spacial score (nSPS) is 14.6. The van der Waals surface area contributed by atoms with Crippen molar-refractivity contribution in [3.63, 3.8) is 0 Å². The molecule has 0 amide bonds. The Kier molecular flexibility index (Phi) is 7.99. The maximum absolute atomic E-state index is 5.71. The number of nitrogens with zero attached hydrogens (tertiary/aromatic N) is 1. The fraction of sp³-hybridized carbons (Fsp3) is 0.917. The molecule has 3 N–H and O–H groups in total. The number of nitrogens with one attached hydrogen (secondary N) is 1. The summed E-state index contributed by atoms with van der Waals surface area (Å²) in [6.07, 6.45) is 1.20. The largest absolute Gasteiger partial charge is 0.378 e. The van der Waals surface area contributed by atoms with Crippen LogP contribution < -0.4 is 11.1 Å². The van der Waals surface area contributed by atoms with Gasteiger partial charge in [0.05, 0.1) is 6.10 Å². The number of guanidine groups is 1. The second kappa shape index (κ2) is 8.39. The van der Waals surface area contributed by atoms with E-state index in [2.05, 4.69) is 24.2 Å². The molecule has 0 aliphatic carbocycles. The average Bonchev–Trinajstić information content (AvgIpc) is 2.15. The van der Waals surface area contributed by atoms with Crippen LogP contribution in [0.15, 0.2) is 4.99 Å². The molecular weight excluding hydrogens is 202 g/mol. The molecule has 0 heterocycles. The third-order valence-corrected chi connectivity index (χ3v) is 2.26. The number of aliphatic imine (C=N–C) groups is 1. The van der Waals surface area contributed by atoms with Crippen LogP contribution in [0.1, 0.15) is 41.0 Å². The summed E-state index contributed by atoms with van der Waals surface area (Å²) in [6.45, 7) is 11.9.